The number of carbonyl (C=O) groups excluding carboxylic acids is 2. The van der Waals surface area contributed by atoms with E-state index in [0.29, 0.717) is 11.1 Å². The lowest BCUT2D eigenvalue weighted by molar-refractivity contribution is -0.151. The van der Waals surface area contributed by atoms with Gasteiger partial charge in [-0.1, -0.05) is 15.9 Å². The summed E-state index contributed by atoms with van der Waals surface area (Å²) in [7, 11) is 1.26. The van der Waals surface area contributed by atoms with Gasteiger partial charge in [0, 0.05) is 11.0 Å². The number of carbonyl (C=O) groups is 2. The Bertz CT molecular complexity index is 533. The molecule has 1 heterocycles. The van der Waals surface area contributed by atoms with Crippen LogP contribution < -0.4 is 0 Å². The SMILES string of the molecule is COC(=O)C1COCCN1C(=O)c1ccc(Br)cc1O. The topological polar surface area (TPSA) is 76.1 Å². The molecule has 2 rings (SSSR count). The van der Waals surface area contributed by atoms with Crippen LogP contribution in [0.2, 0.25) is 0 Å². The number of morpholine rings is 1. The first-order chi connectivity index (χ1) is 9.54. The Kier molecular flexibility index (Phi) is 4.61. The summed E-state index contributed by atoms with van der Waals surface area (Å²) in [4.78, 5) is 25.5. The van der Waals surface area contributed by atoms with E-state index >= 15 is 0 Å². The van der Waals surface area contributed by atoms with Crippen molar-refractivity contribution < 1.29 is 24.2 Å². The third-order valence-electron chi connectivity index (χ3n) is 3.05. The number of benzene rings is 1. The molecule has 1 aliphatic rings. The maximum absolute atomic E-state index is 12.4. The van der Waals surface area contributed by atoms with E-state index in [0.717, 1.165) is 0 Å². The van der Waals surface area contributed by atoms with Gasteiger partial charge in [-0.15, -0.1) is 0 Å². The molecular formula is C13H14BrNO5. The summed E-state index contributed by atoms with van der Waals surface area (Å²) in [6.45, 7) is 0.709. The van der Waals surface area contributed by atoms with Crippen molar-refractivity contribution in [2.24, 2.45) is 0 Å². The second kappa shape index (κ2) is 6.23. The molecule has 1 saturated heterocycles. The summed E-state index contributed by atoms with van der Waals surface area (Å²) in [5, 5.41) is 9.85. The highest BCUT2D eigenvalue weighted by atomic mass is 79.9. The zero-order valence-corrected chi connectivity index (χ0v) is 12.4. The van der Waals surface area contributed by atoms with Gasteiger partial charge >= 0.3 is 5.97 Å². The first-order valence-corrected chi connectivity index (χ1v) is 6.79. The molecule has 6 nitrogen and oxygen atoms in total. The molecule has 1 aliphatic heterocycles. The number of amides is 1. The summed E-state index contributed by atoms with van der Waals surface area (Å²) < 4.78 is 10.5. The average Bonchev–Trinajstić information content (AvgIpc) is 2.46. The average molecular weight is 344 g/mol. The van der Waals surface area contributed by atoms with Crippen LogP contribution in [0.15, 0.2) is 22.7 Å². The minimum Gasteiger partial charge on any atom is -0.507 e. The highest BCUT2D eigenvalue weighted by molar-refractivity contribution is 9.10. The van der Waals surface area contributed by atoms with Gasteiger partial charge in [0.1, 0.15) is 5.75 Å². The quantitative estimate of drug-likeness (QED) is 0.815. The molecule has 0 spiro atoms. The van der Waals surface area contributed by atoms with Crippen LogP contribution in [0.25, 0.3) is 0 Å². The molecule has 0 bridgehead atoms. The minimum absolute atomic E-state index is 0.0930. The smallest absolute Gasteiger partial charge is 0.331 e. The molecular weight excluding hydrogens is 330 g/mol. The molecule has 1 N–H and O–H groups in total. The molecule has 0 saturated carbocycles. The molecule has 0 aromatic heterocycles. The molecule has 108 valence electrons. The monoisotopic (exact) mass is 343 g/mol. The Morgan fingerprint density at radius 3 is 2.90 bits per heavy atom. The number of phenols is 1. The van der Waals surface area contributed by atoms with Crippen LogP contribution in [0.5, 0.6) is 5.75 Å². The lowest BCUT2D eigenvalue weighted by Gasteiger charge is -2.33. The van der Waals surface area contributed by atoms with Crippen molar-refractivity contribution in [2.75, 3.05) is 26.9 Å². The molecule has 1 atom stereocenters. The number of methoxy groups -OCH3 is 1. The second-order valence-corrected chi connectivity index (χ2v) is 5.19. The number of hydrogen-bond acceptors (Lipinski definition) is 5. The van der Waals surface area contributed by atoms with E-state index < -0.39 is 17.9 Å². The van der Waals surface area contributed by atoms with E-state index in [-0.39, 0.29) is 24.5 Å². The first-order valence-electron chi connectivity index (χ1n) is 5.99. The predicted octanol–water partition coefficient (Wildman–Crippen LogP) is 1.17. The summed E-state index contributed by atoms with van der Waals surface area (Å²) in [5.41, 5.74) is 0.143. The maximum atomic E-state index is 12.4. The van der Waals surface area contributed by atoms with Gasteiger partial charge in [0.2, 0.25) is 0 Å². The first kappa shape index (κ1) is 14.8. The Morgan fingerprint density at radius 1 is 1.50 bits per heavy atom. The fourth-order valence-corrected chi connectivity index (χ4v) is 2.37. The fraction of sp³-hybridized carbons (Fsp3) is 0.385. The van der Waals surface area contributed by atoms with E-state index in [1.165, 1.54) is 24.1 Å². The van der Waals surface area contributed by atoms with Gasteiger partial charge in [0.05, 0.1) is 25.9 Å². The van der Waals surface area contributed by atoms with Gasteiger partial charge in [0.15, 0.2) is 6.04 Å². The highest BCUT2D eigenvalue weighted by Gasteiger charge is 2.34. The number of ether oxygens (including phenoxy) is 2. The molecule has 1 aromatic rings. The van der Waals surface area contributed by atoms with Crippen molar-refractivity contribution >= 4 is 27.8 Å². The van der Waals surface area contributed by atoms with Crippen molar-refractivity contribution in [2.45, 2.75) is 6.04 Å². The number of aromatic hydroxyl groups is 1. The number of phenolic OH excluding ortho intramolecular Hbond substituents is 1. The van der Waals surface area contributed by atoms with Crippen molar-refractivity contribution in [1.82, 2.24) is 4.90 Å². The second-order valence-electron chi connectivity index (χ2n) is 4.27. The molecule has 1 unspecified atom stereocenters. The van der Waals surface area contributed by atoms with Crippen molar-refractivity contribution in [3.63, 3.8) is 0 Å². The Hall–Kier alpha value is -1.60. The van der Waals surface area contributed by atoms with Crippen molar-refractivity contribution in [3.8, 4) is 5.75 Å². The Labute approximate surface area is 124 Å². The standard InChI is InChI=1S/C13H14BrNO5/c1-19-13(18)10-7-20-5-4-15(10)12(17)9-3-2-8(14)6-11(9)16/h2-3,6,10,16H,4-5,7H2,1H3. The lowest BCUT2D eigenvalue weighted by atomic mass is 10.1. The van der Waals surface area contributed by atoms with Gasteiger partial charge in [0.25, 0.3) is 5.91 Å². The van der Waals surface area contributed by atoms with Crippen LogP contribution in [0.4, 0.5) is 0 Å². The summed E-state index contributed by atoms with van der Waals surface area (Å²) >= 11 is 3.21. The van der Waals surface area contributed by atoms with Gasteiger partial charge in [-0.05, 0) is 18.2 Å². The van der Waals surface area contributed by atoms with Crippen molar-refractivity contribution in [3.05, 3.63) is 28.2 Å². The van der Waals surface area contributed by atoms with Crippen LogP contribution in [0, 0.1) is 0 Å². The zero-order valence-electron chi connectivity index (χ0n) is 10.8. The molecule has 1 amide bonds. The Morgan fingerprint density at radius 2 is 2.25 bits per heavy atom. The molecule has 1 fully saturated rings. The van der Waals surface area contributed by atoms with Crippen LogP contribution >= 0.6 is 15.9 Å². The van der Waals surface area contributed by atoms with E-state index in [4.69, 9.17) is 4.74 Å². The zero-order chi connectivity index (χ0) is 14.7. The molecule has 20 heavy (non-hydrogen) atoms. The van der Waals surface area contributed by atoms with E-state index in [1.807, 2.05) is 0 Å². The van der Waals surface area contributed by atoms with Gasteiger partial charge in [-0.3, -0.25) is 4.79 Å². The predicted molar refractivity (Wildman–Crippen MR) is 73.5 cm³/mol. The summed E-state index contributed by atoms with van der Waals surface area (Å²) in [6, 6.07) is 3.80. The fourth-order valence-electron chi connectivity index (χ4n) is 2.02. The molecule has 1 aromatic carbocycles. The number of nitrogens with zero attached hydrogens (tertiary/aromatic N) is 1. The third-order valence-corrected chi connectivity index (χ3v) is 3.55. The highest BCUT2D eigenvalue weighted by Crippen LogP contribution is 2.25. The van der Waals surface area contributed by atoms with Gasteiger partial charge in [-0.2, -0.15) is 0 Å². The van der Waals surface area contributed by atoms with Crippen LogP contribution in [-0.4, -0.2) is 54.8 Å². The van der Waals surface area contributed by atoms with Crippen LogP contribution in [0.1, 0.15) is 10.4 Å². The van der Waals surface area contributed by atoms with Gasteiger partial charge < -0.3 is 19.5 Å². The number of hydrogen-bond donors (Lipinski definition) is 1. The molecule has 0 aliphatic carbocycles. The molecule has 7 heteroatoms. The van der Waals surface area contributed by atoms with Gasteiger partial charge in [-0.25, -0.2) is 4.79 Å². The largest absolute Gasteiger partial charge is 0.507 e. The minimum atomic E-state index is -0.788. The van der Waals surface area contributed by atoms with Crippen LogP contribution in [-0.2, 0) is 14.3 Å². The maximum Gasteiger partial charge on any atom is 0.331 e. The lowest BCUT2D eigenvalue weighted by Crippen LogP contribution is -2.53. The third kappa shape index (κ3) is 2.94. The number of rotatable bonds is 2. The number of halogens is 1. The van der Waals surface area contributed by atoms with E-state index in [2.05, 4.69) is 20.7 Å². The normalized spacial score (nSPS) is 18.7. The van der Waals surface area contributed by atoms with E-state index in [1.54, 1.807) is 6.07 Å². The number of esters is 1. The van der Waals surface area contributed by atoms with Crippen LogP contribution in [0.3, 0.4) is 0 Å². The molecule has 0 radical (unpaired) electrons. The summed E-state index contributed by atoms with van der Waals surface area (Å²) in [6.07, 6.45) is 0. The van der Waals surface area contributed by atoms with E-state index in [9.17, 15) is 14.7 Å². The van der Waals surface area contributed by atoms with Crippen molar-refractivity contribution in [1.29, 1.82) is 0 Å². The Balaban J connectivity index is 2.27. The summed E-state index contributed by atoms with van der Waals surface area (Å²) in [5.74, 6) is -1.09.